The number of carbonyl (C=O) groups is 1. The minimum atomic E-state index is 0.216. The fourth-order valence-electron chi connectivity index (χ4n) is 3.52. The van der Waals surface area contributed by atoms with Crippen LogP contribution in [0.15, 0.2) is 28.9 Å². The predicted octanol–water partition coefficient (Wildman–Crippen LogP) is 5.33. The Morgan fingerprint density at radius 3 is 2.65 bits per heavy atom. The fourth-order valence-corrected chi connectivity index (χ4v) is 3.88. The summed E-state index contributed by atoms with van der Waals surface area (Å²) in [6.07, 6.45) is 10.1. The molecule has 0 spiro atoms. The molecule has 4 heteroatoms. The van der Waals surface area contributed by atoms with Crippen molar-refractivity contribution in [2.24, 2.45) is 5.92 Å². The second-order valence-electron chi connectivity index (χ2n) is 6.83. The summed E-state index contributed by atoms with van der Waals surface area (Å²) in [5, 5.41) is 4.75. The summed E-state index contributed by atoms with van der Waals surface area (Å²) in [5.74, 6) is 0.478. The summed E-state index contributed by atoms with van der Waals surface area (Å²) < 4.78 is 1.02. The van der Waals surface area contributed by atoms with Crippen molar-refractivity contribution in [3.05, 3.63) is 34.4 Å². The van der Waals surface area contributed by atoms with Crippen LogP contribution in [0.25, 0.3) is 10.9 Å². The molecule has 1 aromatic carbocycles. The van der Waals surface area contributed by atoms with Gasteiger partial charge in [-0.3, -0.25) is 9.78 Å². The molecule has 4 rings (SSSR count). The number of benzene rings is 1. The Kier molecular flexibility index (Phi) is 4.10. The number of fused-ring (bicyclic) bond motifs is 1. The first-order chi connectivity index (χ1) is 11.2. The minimum Gasteiger partial charge on any atom is -0.381 e. The normalized spacial score (nSPS) is 19.0. The molecule has 23 heavy (non-hydrogen) atoms. The maximum absolute atomic E-state index is 12.7. The molecule has 3 nitrogen and oxygen atoms in total. The topological polar surface area (TPSA) is 42.0 Å². The summed E-state index contributed by atoms with van der Waals surface area (Å²) in [4.78, 5) is 17.2. The SMILES string of the molecule is O=C(c1cnc2ccc(Br)cc2c1NC1CCCCC1)C1CC1. The van der Waals surface area contributed by atoms with Gasteiger partial charge in [0.1, 0.15) is 0 Å². The average molecular weight is 373 g/mol. The highest BCUT2D eigenvalue weighted by molar-refractivity contribution is 9.10. The van der Waals surface area contributed by atoms with Crippen molar-refractivity contribution in [2.75, 3.05) is 5.32 Å². The molecule has 1 heterocycles. The summed E-state index contributed by atoms with van der Waals surface area (Å²) in [5.41, 5.74) is 2.72. The van der Waals surface area contributed by atoms with Crippen LogP contribution in [0.1, 0.15) is 55.3 Å². The first-order valence-electron chi connectivity index (χ1n) is 8.61. The summed E-state index contributed by atoms with van der Waals surface area (Å²) >= 11 is 3.55. The van der Waals surface area contributed by atoms with Crippen molar-refractivity contribution in [1.82, 2.24) is 4.98 Å². The molecule has 1 aromatic heterocycles. The third kappa shape index (κ3) is 3.14. The Labute approximate surface area is 145 Å². The molecule has 1 N–H and O–H groups in total. The number of nitrogens with one attached hydrogen (secondary N) is 1. The van der Waals surface area contributed by atoms with E-state index in [1.165, 1.54) is 32.1 Å². The van der Waals surface area contributed by atoms with Crippen LogP contribution in [0.5, 0.6) is 0 Å². The maximum atomic E-state index is 12.7. The predicted molar refractivity (Wildman–Crippen MR) is 97.0 cm³/mol. The van der Waals surface area contributed by atoms with Gasteiger partial charge in [0, 0.05) is 28.0 Å². The highest BCUT2D eigenvalue weighted by Gasteiger charge is 2.33. The van der Waals surface area contributed by atoms with Crippen LogP contribution in [0.4, 0.5) is 5.69 Å². The van der Waals surface area contributed by atoms with Crippen LogP contribution in [0, 0.1) is 5.92 Å². The third-order valence-electron chi connectivity index (χ3n) is 5.00. The number of aromatic nitrogens is 1. The number of nitrogens with zero attached hydrogens (tertiary/aromatic N) is 1. The van der Waals surface area contributed by atoms with E-state index in [0.717, 1.165) is 39.5 Å². The van der Waals surface area contributed by atoms with Gasteiger partial charge in [-0.15, -0.1) is 0 Å². The van der Waals surface area contributed by atoms with E-state index in [4.69, 9.17) is 0 Å². The van der Waals surface area contributed by atoms with Crippen molar-refractivity contribution in [3.8, 4) is 0 Å². The van der Waals surface area contributed by atoms with E-state index < -0.39 is 0 Å². The largest absolute Gasteiger partial charge is 0.381 e. The van der Waals surface area contributed by atoms with E-state index in [-0.39, 0.29) is 11.7 Å². The van der Waals surface area contributed by atoms with Crippen molar-refractivity contribution >= 4 is 38.3 Å². The monoisotopic (exact) mass is 372 g/mol. The molecular weight excluding hydrogens is 352 g/mol. The van der Waals surface area contributed by atoms with Crippen molar-refractivity contribution in [1.29, 1.82) is 0 Å². The van der Waals surface area contributed by atoms with Gasteiger partial charge < -0.3 is 5.32 Å². The van der Waals surface area contributed by atoms with Gasteiger partial charge in [0.2, 0.25) is 0 Å². The lowest BCUT2D eigenvalue weighted by molar-refractivity contribution is 0.0968. The van der Waals surface area contributed by atoms with E-state index in [9.17, 15) is 4.79 Å². The molecule has 0 atom stereocenters. The lowest BCUT2D eigenvalue weighted by atomic mass is 9.94. The smallest absolute Gasteiger partial charge is 0.169 e. The zero-order chi connectivity index (χ0) is 15.8. The molecule has 0 aliphatic heterocycles. The number of pyridine rings is 1. The number of Topliss-reactive ketones (excluding diaryl/α,β-unsaturated/α-hetero) is 1. The second-order valence-corrected chi connectivity index (χ2v) is 7.74. The Morgan fingerprint density at radius 2 is 1.91 bits per heavy atom. The van der Waals surface area contributed by atoms with Gasteiger partial charge in [-0.1, -0.05) is 35.2 Å². The van der Waals surface area contributed by atoms with Crippen LogP contribution in [0.3, 0.4) is 0 Å². The Balaban J connectivity index is 1.79. The van der Waals surface area contributed by atoms with Crippen LogP contribution in [0.2, 0.25) is 0 Å². The lowest BCUT2D eigenvalue weighted by Gasteiger charge is -2.26. The molecule has 2 fully saturated rings. The number of hydrogen-bond acceptors (Lipinski definition) is 3. The van der Waals surface area contributed by atoms with Crippen LogP contribution in [-0.4, -0.2) is 16.8 Å². The quantitative estimate of drug-likeness (QED) is 0.736. The molecule has 2 aliphatic carbocycles. The molecule has 0 amide bonds. The van der Waals surface area contributed by atoms with Crippen LogP contribution >= 0.6 is 15.9 Å². The molecule has 2 saturated carbocycles. The van der Waals surface area contributed by atoms with Crippen molar-refractivity contribution < 1.29 is 4.79 Å². The molecule has 0 unspecified atom stereocenters. The van der Waals surface area contributed by atoms with Crippen LogP contribution in [-0.2, 0) is 0 Å². The lowest BCUT2D eigenvalue weighted by Crippen LogP contribution is -2.24. The highest BCUT2D eigenvalue weighted by atomic mass is 79.9. The molecule has 2 aromatic rings. The minimum absolute atomic E-state index is 0.216. The van der Waals surface area contributed by atoms with Crippen molar-refractivity contribution in [2.45, 2.75) is 51.0 Å². The number of anilines is 1. The van der Waals surface area contributed by atoms with E-state index >= 15 is 0 Å². The first-order valence-corrected chi connectivity index (χ1v) is 9.40. The Hall–Kier alpha value is -1.42. The highest BCUT2D eigenvalue weighted by Crippen LogP contribution is 2.38. The molecule has 2 aliphatic rings. The summed E-state index contributed by atoms with van der Waals surface area (Å²) in [6, 6.07) is 6.56. The number of ketones is 1. The van der Waals surface area contributed by atoms with Gasteiger partial charge in [-0.2, -0.15) is 0 Å². The summed E-state index contributed by atoms with van der Waals surface area (Å²) in [7, 11) is 0. The van der Waals surface area contributed by atoms with Gasteiger partial charge in [-0.25, -0.2) is 0 Å². The Bertz CT molecular complexity index is 748. The van der Waals surface area contributed by atoms with E-state index in [1.54, 1.807) is 6.20 Å². The van der Waals surface area contributed by atoms with Gasteiger partial charge >= 0.3 is 0 Å². The molecule has 0 saturated heterocycles. The van der Waals surface area contributed by atoms with E-state index in [0.29, 0.717) is 6.04 Å². The van der Waals surface area contributed by atoms with E-state index in [2.05, 4.69) is 32.3 Å². The zero-order valence-corrected chi connectivity index (χ0v) is 14.7. The van der Waals surface area contributed by atoms with E-state index in [1.807, 2.05) is 12.1 Å². The zero-order valence-electron chi connectivity index (χ0n) is 13.1. The molecule has 120 valence electrons. The average Bonchev–Trinajstić information content (AvgIpc) is 3.41. The number of halogens is 1. The first kappa shape index (κ1) is 15.1. The third-order valence-corrected chi connectivity index (χ3v) is 5.49. The molecule has 0 radical (unpaired) electrons. The second kappa shape index (κ2) is 6.23. The van der Waals surface area contributed by atoms with Crippen LogP contribution < -0.4 is 5.32 Å². The number of carbonyl (C=O) groups excluding carboxylic acids is 1. The van der Waals surface area contributed by atoms with Gasteiger partial charge in [0.15, 0.2) is 5.78 Å². The number of rotatable bonds is 4. The molecule has 0 bridgehead atoms. The standard InChI is InChI=1S/C19H21BrN2O/c20-13-8-9-17-15(10-13)18(22-14-4-2-1-3-5-14)16(11-21-17)19(23)12-6-7-12/h8-12,14H,1-7H2,(H,21,22). The fraction of sp³-hybridized carbons (Fsp3) is 0.474. The Morgan fingerprint density at radius 1 is 1.13 bits per heavy atom. The molecular formula is C19H21BrN2O. The maximum Gasteiger partial charge on any atom is 0.169 e. The van der Waals surface area contributed by atoms with Crippen molar-refractivity contribution in [3.63, 3.8) is 0 Å². The van der Waals surface area contributed by atoms with Gasteiger partial charge in [0.25, 0.3) is 0 Å². The van der Waals surface area contributed by atoms with Gasteiger partial charge in [-0.05, 0) is 43.9 Å². The van der Waals surface area contributed by atoms with Gasteiger partial charge in [0.05, 0.1) is 16.8 Å². The number of hydrogen-bond donors (Lipinski definition) is 1. The summed E-state index contributed by atoms with van der Waals surface area (Å²) in [6.45, 7) is 0.